The van der Waals surface area contributed by atoms with Gasteiger partial charge in [-0.2, -0.15) is 0 Å². The van der Waals surface area contributed by atoms with E-state index in [0.717, 1.165) is 23.8 Å². The van der Waals surface area contributed by atoms with Crippen molar-refractivity contribution >= 4 is 5.82 Å². The molecule has 2 rings (SSSR count). The van der Waals surface area contributed by atoms with Crippen molar-refractivity contribution in [3.8, 4) is 5.88 Å². The summed E-state index contributed by atoms with van der Waals surface area (Å²) in [5, 5.41) is 3.17. The first-order valence-corrected chi connectivity index (χ1v) is 6.02. The summed E-state index contributed by atoms with van der Waals surface area (Å²) in [4.78, 5) is 8.16. The quantitative estimate of drug-likeness (QED) is 0.850. The first kappa shape index (κ1) is 12.4. The predicted molar refractivity (Wildman–Crippen MR) is 68.6 cm³/mol. The van der Waals surface area contributed by atoms with Crippen molar-refractivity contribution in [1.82, 2.24) is 9.97 Å². The maximum Gasteiger partial charge on any atom is 0.218 e. The molecule has 2 heterocycles. The molecule has 0 fully saturated rings. The van der Waals surface area contributed by atoms with Crippen LogP contribution in [0.4, 0.5) is 5.82 Å². The number of nitrogens with zero attached hydrogens (tertiary/aromatic N) is 2. The minimum atomic E-state index is 0.588. The maximum atomic E-state index is 5.46. The standard InChI is InChI=1S/C13H17N3O2/c1-3-6-17-13-7-12(15-9-16-13)14-8-11-5-4-10(2)18-11/h4-5,7,9H,3,6,8H2,1-2H3,(H,14,15,16). The lowest BCUT2D eigenvalue weighted by Crippen LogP contribution is -2.03. The molecule has 0 atom stereocenters. The van der Waals surface area contributed by atoms with E-state index in [1.807, 2.05) is 19.1 Å². The molecule has 0 bridgehead atoms. The smallest absolute Gasteiger partial charge is 0.218 e. The van der Waals surface area contributed by atoms with E-state index in [2.05, 4.69) is 22.2 Å². The third kappa shape index (κ3) is 3.48. The Morgan fingerprint density at radius 2 is 2.22 bits per heavy atom. The summed E-state index contributed by atoms with van der Waals surface area (Å²) in [7, 11) is 0. The molecule has 0 aliphatic carbocycles. The largest absolute Gasteiger partial charge is 0.478 e. The number of ether oxygens (including phenoxy) is 1. The summed E-state index contributed by atoms with van der Waals surface area (Å²) in [5.41, 5.74) is 0. The monoisotopic (exact) mass is 247 g/mol. The van der Waals surface area contributed by atoms with Crippen molar-refractivity contribution in [2.75, 3.05) is 11.9 Å². The normalized spacial score (nSPS) is 10.3. The molecule has 0 aromatic carbocycles. The van der Waals surface area contributed by atoms with E-state index in [1.54, 1.807) is 6.07 Å². The van der Waals surface area contributed by atoms with E-state index in [4.69, 9.17) is 9.15 Å². The second-order valence-electron chi connectivity index (χ2n) is 3.96. The highest BCUT2D eigenvalue weighted by atomic mass is 16.5. The van der Waals surface area contributed by atoms with Crippen molar-refractivity contribution in [1.29, 1.82) is 0 Å². The van der Waals surface area contributed by atoms with Gasteiger partial charge in [0, 0.05) is 6.07 Å². The average Bonchev–Trinajstić information content (AvgIpc) is 2.80. The van der Waals surface area contributed by atoms with Gasteiger partial charge in [-0.25, -0.2) is 9.97 Å². The van der Waals surface area contributed by atoms with Crippen LogP contribution in [0, 0.1) is 6.92 Å². The molecular weight excluding hydrogens is 230 g/mol. The molecule has 0 aliphatic heterocycles. The van der Waals surface area contributed by atoms with E-state index < -0.39 is 0 Å². The van der Waals surface area contributed by atoms with Gasteiger partial charge < -0.3 is 14.5 Å². The van der Waals surface area contributed by atoms with Crippen molar-refractivity contribution in [3.05, 3.63) is 36.0 Å². The van der Waals surface area contributed by atoms with Crippen molar-refractivity contribution < 1.29 is 9.15 Å². The molecule has 1 N–H and O–H groups in total. The number of rotatable bonds is 6. The van der Waals surface area contributed by atoms with Crippen LogP contribution in [0.3, 0.4) is 0 Å². The fraction of sp³-hybridized carbons (Fsp3) is 0.385. The van der Waals surface area contributed by atoms with Crippen molar-refractivity contribution in [2.45, 2.75) is 26.8 Å². The molecule has 96 valence electrons. The van der Waals surface area contributed by atoms with Crippen molar-refractivity contribution in [3.63, 3.8) is 0 Å². The molecule has 2 aromatic heterocycles. The highest BCUT2D eigenvalue weighted by molar-refractivity contribution is 5.37. The van der Waals surface area contributed by atoms with Crippen LogP contribution in [0.2, 0.25) is 0 Å². The van der Waals surface area contributed by atoms with Gasteiger partial charge in [-0.05, 0) is 25.5 Å². The Morgan fingerprint density at radius 1 is 1.33 bits per heavy atom. The van der Waals surface area contributed by atoms with Gasteiger partial charge in [0.2, 0.25) is 5.88 Å². The zero-order valence-electron chi connectivity index (χ0n) is 10.6. The highest BCUT2D eigenvalue weighted by Crippen LogP contribution is 2.13. The summed E-state index contributed by atoms with van der Waals surface area (Å²) in [6.45, 7) is 5.23. The number of aryl methyl sites for hydroxylation is 1. The van der Waals surface area contributed by atoms with E-state index in [0.29, 0.717) is 19.0 Å². The van der Waals surface area contributed by atoms with Crippen LogP contribution >= 0.6 is 0 Å². The average molecular weight is 247 g/mol. The van der Waals surface area contributed by atoms with Gasteiger partial charge in [-0.1, -0.05) is 6.92 Å². The molecule has 0 aliphatic rings. The Morgan fingerprint density at radius 3 is 2.94 bits per heavy atom. The second-order valence-corrected chi connectivity index (χ2v) is 3.96. The van der Waals surface area contributed by atoms with E-state index in [9.17, 15) is 0 Å². The van der Waals surface area contributed by atoms with Gasteiger partial charge in [-0.15, -0.1) is 0 Å². The van der Waals surface area contributed by atoms with Gasteiger partial charge in [0.05, 0.1) is 13.2 Å². The molecule has 0 spiro atoms. The number of hydrogen-bond acceptors (Lipinski definition) is 5. The number of nitrogens with one attached hydrogen (secondary N) is 1. The Labute approximate surface area is 106 Å². The Kier molecular flexibility index (Phi) is 4.17. The molecule has 0 amide bonds. The van der Waals surface area contributed by atoms with E-state index in [1.165, 1.54) is 6.33 Å². The summed E-state index contributed by atoms with van der Waals surface area (Å²) in [6, 6.07) is 5.66. The van der Waals surface area contributed by atoms with Gasteiger partial charge in [0.1, 0.15) is 23.7 Å². The molecular formula is C13H17N3O2. The SMILES string of the molecule is CCCOc1cc(NCc2ccc(C)o2)ncn1. The Balaban J connectivity index is 1.92. The van der Waals surface area contributed by atoms with E-state index in [-0.39, 0.29) is 0 Å². The molecule has 0 unspecified atom stereocenters. The Hall–Kier alpha value is -2.04. The van der Waals surface area contributed by atoms with Crippen LogP contribution in [0.1, 0.15) is 24.9 Å². The van der Waals surface area contributed by atoms with Crippen LogP contribution < -0.4 is 10.1 Å². The second kappa shape index (κ2) is 6.05. The molecule has 5 nitrogen and oxygen atoms in total. The van der Waals surface area contributed by atoms with Crippen LogP contribution in [0.25, 0.3) is 0 Å². The van der Waals surface area contributed by atoms with Crippen LogP contribution in [0.5, 0.6) is 5.88 Å². The first-order valence-electron chi connectivity index (χ1n) is 6.02. The van der Waals surface area contributed by atoms with Crippen LogP contribution in [-0.4, -0.2) is 16.6 Å². The number of hydrogen-bond donors (Lipinski definition) is 1. The van der Waals surface area contributed by atoms with Gasteiger partial charge in [0.25, 0.3) is 0 Å². The topological polar surface area (TPSA) is 60.2 Å². The number of aromatic nitrogens is 2. The molecule has 2 aromatic rings. The first-order chi connectivity index (χ1) is 8.78. The van der Waals surface area contributed by atoms with Gasteiger partial charge >= 0.3 is 0 Å². The summed E-state index contributed by atoms with van der Waals surface area (Å²) in [5.74, 6) is 3.10. The third-order valence-corrected chi connectivity index (χ3v) is 2.34. The Bertz CT molecular complexity index is 496. The lowest BCUT2D eigenvalue weighted by atomic mass is 10.4. The lowest BCUT2D eigenvalue weighted by Gasteiger charge is -2.06. The highest BCUT2D eigenvalue weighted by Gasteiger charge is 2.01. The zero-order chi connectivity index (χ0) is 12.8. The molecule has 0 radical (unpaired) electrons. The van der Waals surface area contributed by atoms with E-state index >= 15 is 0 Å². The zero-order valence-corrected chi connectivity index (χ0v) is 10.6. The maximum absolute atomic E-state index is 5.46. The fourth-order valence-electron chi connectivity index (χ4n) is 1.48. The number of furan rings is 1. The molecule has 5 heteroatoms. The molecule has 0 saturated carbocycles. The van der Waals surface area contributed by atoms with Crippen molar-refractivity contribution in [2.24, 2.45) is 0 Å². The minimum absolute atomic E-state index is 0.588. The summed E-state index contributed by atoms with van der Waals surface area (Å²) in [6.07, 6.45) is 2.44. The van der Waals surface area contributed by atoms with Gasteiger partial charge in [0.15, 0.2) is 0 Å². The third-order valence-electron chi connectivity index (χ3n) is 2.34. The van der Waals surface area contributed by atoms with Crippen LogP contribution in [-0.2, 0) is 6.54 Å². The summed E-state index contributed by atoms with van der Waals surface area (Å²) < 4.78 is 10.9. The number of anilines is 1. The van der Waals surface area contributed by atoms with Gasteiger partial charge in [-0.3, -0.25) is 0 Å². The molecule has 18 heavy (non-hydrogen) atoms. The molecule has 0 saturated heterocycles. The lowest BCUT2D eigenvalue weighted by molar-refractivity contribution is 0.305. The minimum Gasteiger partial charge on any atom is -0.478 e. The summed E-state index contributed by atoms with van der Waals surface area (Å²) >= 11 is 0. The van der Waals surface area contributed by atoms with Crippen LogP contribution in [0.15, 0.2) is 28.9 Å². The fourth-order valence-corrected chi connectivity index (χ4v) is 1.48. The predicted octanol–water partition coefficient (Wildman–Crippen LogP) is 2.78.